The van der Waals surface area contributed by atoms with Gasteiger partial charge in [0.05, 0.1) is 0 Å². The zero-order chi connectivity index (χ0) is 12.7. The maximum absolute atomic E-state index is 10.8. The minimum Gasteiger partial charge on any atom is -0.490 e. The lowest BCUT2D eigenvalue weighted by molar-refractivity contribution is -0.141. The second kappa shape index (κ2) is 6.70. The highest BCUT2D eigenvalue weighted by Crippen LogP contribution is 2.16. The van der Waals surface area contributed by atoms with E-state index < -0.39 is 12.1 Å². The molecule has 0 aliphatic heterocycles. The van der Waals surface area contributed by atoms with Crippen molar-refractivity contribution < 1.29 is 19.4 Å². The number of aliphatic hydroxyl groups excluding tert-OH is 1. The Morgan fingerprint density at radius 3 is 2.82 bits per heavy atom. The SMILES string of the molecule is C=CC(=O)OC[C@@H](O)COc1ccccc1C. The molecule has 0 aliphatic carbocycles. The van der Waals surface area contributed by atoms with Gasteiger partial charge in [0, 0.05) is 6.08 Å². The second-order valence-corrected chi connectivity index (χ2v) is 3.56. The molecule has 0 spiro atoms. The number of hydrogen-bond donors (Lipinski definition) is 1. The maximum atomic E-state index is 10.8. The lowest BCUT2D eigenvalue weighted by Crippen LogP contribution is -2.24. The molecule has 0 heterocycles. The van der Waals surface area contributed by atoms with E-state index in [1.54, 1.807) is 0 Å². The highest BCUT2D eigenvalue weighted by Gasteiger charge is 2.08. The van der Waals surface area contributed by atoms with Gasteiger partial charge in [0.15, 0.2) is 0 Å². The number of ether oxygens (including phenoxy) is 2. The van der Waals surface area contributed by atoms with Crippen molar-refractivity contribution >= 4 is 5.97 Å². The van der Waals surface area contributed by atoms with Crippen LogP contribution in [-0.2, 0) is 9.53 Å². The largest absolute Gasteiger partial charge is 0.490 e. The fourth-order valence-corrected chi connectivity index (χ4v) is 1.19. The summed E-state index contributed by atoms with van der Waals surface area (Å²) in [6.07, 6.45) is 0.202. The molecule has 1 rings (SSSR count). The first kappa shape index (κ1) is 13.3. The molecule has 0 unspecified atom stereocenters. The molecule has 0 saturated carbocycles. The van der Waals surface area contributed by atoms with Gasteiger partial charge in [0.2, 0.25) is 0 Å². The molecule has 1 aromatic rings. The Balaban J connectivity index is 2.33. The van der Waals surface area contributed by atoms with E-state index in [0.29, 0.717) is 5.75 Å². The lowest BCUT2D eigenvalue weighted by Gasteiger charge is -2.13. The van der Waals surface area contributed by atoms with E-state index in [-0.39, 0.29) is 13.2 Å². The molecule has 4 nitrogen and oxygen atoms in total. The van der Waals surface area contributed by atoms with E-state index in [1.165, 1.54) is 0 Å². The molecule has 1 N–H and O–H groups in total. The van der Waals surface area contributed by atoms with Crippen molar-refractivity contribution in [3.8, 4) is 5.75 Å². The molecule has 0 radical (unpaired) electrons. The van der Waals surface area contributed by atoms with E-state index >= 15 is 0 Å². The lowest BCUT2D eigenvalue weighted by atomic mass is 10.2. The second-order valence-electron chi connectivity index (χ2n) is 3.56. The third-order valence-corrected chi connectivity index (χ3v) is 2.11. The predicted octanol–water partition coefficient (Wildman–Crippen LogP) is 1.46. The van der Waals surface area contributed by atoms with Crippen LogP contribution in [0.5, 0.6) is 5.75 Å². The maximum Gasteiger partial charge on any atom is 0.330 e. The van der Waals surface area contributed by atoms with Crippen LogP contribution in [0.15, 0.2) is 36.9 Å². The number of rotatable bonds is 6. The van der Waals surface area contributed by atoms with Crippen LogP contribution < -0.4 is 4.74 Å². The summed E-state index contributed by atoms with van der Waals surface area (Å²) in [5, 5.41) is 9.51. The molecule has 0 amide bonds. The molecule has 0 aliphatic rings. The first-order chi connectivity index (χ1) is 8.13. The summed E-state index contributed by atoms with van der Waals surface area (Å²) in [5.74, 6) is 0.154. The number of carbonyl (C=O) groups excluding carboxylic acids is 1. The topological polar surface area (TPSA) is 55.8 Å². The zero-order valence-electron chi connectivity index (χ0n) is 9.76. The Kier molecular flexibility index (Phi) is 5.23. The molecule has 17 heavy (non-hydrogen) atoms. The standard InChI is InChI=1S/C13H16O4/c1-3-13(15)17-9-11(14)8-16-12-7-5-4-6-10(12)2/h3-7,11,14H,1,8-9H2,2H3/t11-/m0/s1. The van der Waals surface area contributed by atoms with Gasteiger partial charge in [-0.1, -0.05) is 24.8 Å². The summed E-state index contributed by atoms with van der Waals surface area (Å²) in [6, 6.07) is 7.49. The molecule has 0 saturated heterocycles. The summed E-state index contributed by atoms with van der Waals surface area (Å²) in [7, 11) is 0. The molecule has 0 fully saturated rings. The van der Waals surface area contributed by atoms with Gasteiger partial charge in [-0.05, 0) is 18.6 Å². The van der Waals surface area contributed by atoms with Gasteiger partial charge in [-0.3, -0.25) is 0 Å². The van der Waals surface area contributed by atoms with Crippen LogP contribution in [0.4, 0.5) is 0 Å². The van der Waals surface area contributed by atoms with Crippen LogP contribution in [0.3, 0.4) is 0 Å². The van der Waals surface area contributed by atoms with E-state index in [9.17, 15) is 9.90 Å². The number of aryl methyl sites for hydroxylation is 1. The molecule has 92 valence electrons. The molecular weight excluding hydrogens is 220 g/mol. The van der Waals surface area contributed by atoms with Crippen molar-refractivity contribution in [2.75, 3.05) is 13.2 Å². The Labute approximate surface area is 100 Å². The van der Waals surface area contributed by atoms with Crippen molar-refractivity contribution in [2.45, 2.75) is 13.0 Å². The minimum absolute atomic E-state index is 0.0786. The molecule has 0 bridgehead atoms. The fourth-order valence-electron chi connectivity index (χ4n) is 1.19. The summed E-state index contributed by atoms with van der Waals surface area (Å²) >= 11 is 0. The van der Waals surface area contributed by atoms with Crippen LogP contribution in [0.2, 0.25) is 0 Å². The monoisotopic (exact) mass is 236 g/mol. The van der Waals surface area contributed by atoms with Crippen molar-refractivity contribution in [1.29, 1.82) is 0 Å². The minimum atomic E-state index is -0.849. The summed E-state index contributed by atoms with van der Waals surface area (Å²) in [5.41, 5.74) is 0.989. The number of benzene rings is 1. The van der Waals surface area contributed by atoms with Crippen LogP contribution in [-0.4, -0.2) is 30.4 Å². The number of hydrogen-bond acceptors (Lipinski definition) is 4. The third kappa shape index (κ3) is 4.70. The van der Waals surface area contributed by atoms with E-state index in [2.05, 4.69) is 11.3 Å². The van der Waals surface area contributed by atoms with Gasteiger partial charge in [-0.2, -0.15) is 0 Å². The molecule has 1 aromatic carbocycles. The Morgan fingerprint density at radius 2 is 2.18 bits per heavy atom. The van der Waals surface area contributed by atoms with Crippen LogP contribution in [0, 0.1) is 6.92 Å². The van der Waals surface area contributed by atoms with Crippen molar-refractivity contribution in [3.63, 3.8) is 0 Å². The van der Waals surface area contributed by atoms with Crippen molar-refractivity contribution in [2.24, 2.45) is 0 Å². The van der Waals surface area contributed by atoms with Crippen LogP contribution >= 0.6 is 0 Å². The Hall–Kier alpha value is -1.81. The zero-order valence-corrected chi connectivity index (χ0v) is 9.76. The third-order valence-electron chi connectivity index (χ3n) is 2.11. The van der Waals surface area contributed by atoms with Gasteiger partial charge in [0.25, 0.3) is 0 Å². The molecule has 0 aromatic heterocycles. The molecule has 4 heteroatoms. The average molecular weight is 236 g/mol. The average Bonchev–Trinajstić information content (AvgIpc) is 2.35. The van der Waals surface area contributed by atoms with Crippen molar-refractivity contribution in [1.82, 2.24) is 0 Å². The Morgan fingerprint density at radius 1 is 1.47 bits per heavy atom. The quantitative estimate of drug-likeness (QED) is 0.600. The highest BCUT2D eigenvalue weighted by molar-refractivity contribution is 5.81. The van der Waals surface area contributed by atoms with E-state index in [1.807, 2.05) is 31.2 Å². The summed E-state index contributed by atoms with van der Waals surface area (Å²) in [4.78, 5) is 10.8. The predicted molar refractivity (Wildman–Crippen MR) is 63.8 cm³/mol. The Bertz CT molecular complexity index is 387. The summed E-state index contributed by atoms with van der Waals surface area (Å²) in [6.45, 7) is 5.15. The first-order valence-electron chi connectivity index (χ1n) is 5.29. The summed E-state index contributed by atoms with van der Waals surface area (Å²) < 4.78 is 10.1. The van der Waals surface area contributed by atoms with Crippen molar-refractivity contribution in [3.05, 3.63) is 42.5 Å². The van der Waals surface area contributed by atoms with E-state index in [4.69, 9.17) is 4.74 Å². The van der Waals surface area contributed by atoms with Gasteiger partial charge >= 0.3 is 5.97 Å². The van der Waals surface area contributed by atoms with Gasteiger partial charge in [-0.25, -0.2) is 4.79 Å². The number of esters is 1. The van der Waals surface area contributed by atoms with Crippen LogP contribution in [0.25, 0.3) is 0 Å². The van der Waals surface area contributed by atoms with Crippen LogP contribution in [0.1, 0.15) is 5.56 Å². The normalized spacial score (nSPS) is 11.6. The smallest absolute Gasteiger partial charge is 0.330 e. The van der Waals surface area contributed by atoms with E-state index in [0.717, 1.165) is 11.6 Å². The molecular formula is C13H16O4. The van der Waals surface area contributed by atoms with Gasteiger partial charge in [-0.15, -0.1) is 0 Å². The van der Waals surface area contributed by atoms with Gasteiger partial charge < -0.3 is 14.6 Å². The number of para-hydroxylation sites is 1. The fraction of sp³-hybridized carbons (Fsp3) is 0.308. The highest BCUT2D eigenvalue weighted by atomic mass is 16.5. The number of aliphatic hydroxyl groups is 1. The molecule has 1 atom stereocenters. The van der Waals surface area contributed by atoms with Gasteiger partial charge in [0.1, 0.15) is 25.1 Å². The number of carbonyl (C=O) groups is 1. The first-order valence-corrected chi connectivity index (χ1v) is 5.29.